The largest absolute Gasteiger partial charge is 0.350 e. The Morgan fingerprint density at radius 2 is 2.14 bits per heavy atom. The van der Waals surface area contributed by atoms with Gasteiger partial charge in [0.05, 0.1) is 15.4 Å². The van der Waals surface area contributed by atoms with Crippen molar-refractivity contribution in [2.24, 2.45) is 0 Å². The highest BCUT2D eigenvalue weighted by Gasteiger charge is 2.18. The van der Waals surface area contributed by atoms with E-state index in [0.29, 0.717) is 17.1 Å². The quantitative estimate of drug-likeness (QED) is 0.834. The lowest BCUT2D eigenvalue weighted by Crippen LogP contribution is -2.34. The molecule has 1 atom stereocenters. The SMILES string of the molecule is CN(C)C(CNC(=O)c1csc(Br)c1)c1ccccc1Cl. The van der Waals surface area contributed by atoms with Crippen molar-refractivity contribution in [3.63, 3.8) is 0 Å². The summed E-state index contributed by atoms with van der Waals surface area (Å²) in [5, 5.41) is 5.51. The maximum absolute atomic E-state index is 12.1. The molecule has 1 N–H and O–H groups in total. The molecule has 0 radical (unpaired) electrons. The maximum Gasteiger partial charge on any atom is 0.252 e. The van der Waals surface area contributed by atoms with Crippen LogP contribution in [0.1, 0.15) is 22.0 Å². The molecule has 2 rings (SSSR count). The molecule has 1 aromatic carbocycles. The van der Waals surface area contributed by atoms with Gasteiger partial charge in [-0.05, 0) is 47.7 Å². The first kappa shape index (κ1) is 16.5. The molecule has 0 aliphatic rings. The number of carbonyl (C=O) groups excluding carboxylic acids is 1. The highest BCUT2D eigenvalue weighted by Crippen LogP contribution is 2.26. The predicted octanol–water partition coefficient (Wildman–Crippen LogP) is 4.20. The van der Waals surface area contributed by atoms with Gasteiger partial charge in [0.25, 0.3) is 5.91 Å². The summed E-state index contributed by atoms with van der Waals surface area (Å²) in [5.74, 6) is -0.0733. The first-order chi connectivity index (χ1) is 9.99. The van der Waals surface area contributed by atoms with E-state index < -0.39 is 0 Å². The van der Waals surface area contributed by atoms with E-state index >= 15 is 0 Å². The first-order valence-electron chi connectivity index (χ1n) is 6.42. The highest BCUT2D eigenvalue weighted by atomic mass is 79.9. The Bertz CT molecular complexity index is 630. The van der Waals surface area contributed by atoms with Gasteiger partial charge in [-0.1, -0.05) is 29.8 Å². The van der Waals surface area contributed by atoms with E-state index in [1.807, 2.05) is 54.7 Å². The summed E-state index contributed by atoms with van der Waals surface area (Å²) >= 11 is 11.1. The zero-order chi connectivity index (χ0) is 15.4. The molecule has 1 amide bonds. The van der Waals surface area contributed by atoms with Crippen LogP contribution in [0, 0.1) is 0 Å². The number of thiophene rings is 1. The van der Waals surface area contributed by atoms with Gasteiger partial charge in [-0.3, -0.25) is 4.79 Å². The second-order valence-corrected chi connectivity index (χ2v) is 7.55. The molecule has 0 fully saturated rings. The van der Waals surface area contributed by atoms with Crippen molar-refractivity contribution in [1.29, 1.82) is 0 Å². The Balaban J connectivity index is 2.08. The number of nitrogens with zero attached hydrogens (tertiary/aromatic N) is 1. The monoisotopic (exact) mass is 386 g/mol. The van der Waals surface area contributed by atoms with Crippen LogP contribution in [0.15, 0.2) is 39.5 Å². The number of benzene rings is 1. The van der Waals surface area contributed by atoms with Gasteiger partial charge in [-0.15, -0.1) is 11.3 Å². The average molecular weight is 388 g/mol. The van der Waals surface area contributed by atoms with Gasteiger partial charge in [0.1, 0.15) is 0 Å². The molecular weight excluding hydrogens is 372 g/mol. The summed E-state index contributed by atoms with van der Waals surface area (Å²) in [5.41, 5.74) is 1.68. The molecule has 0 saturated heterocycles. The second-order valence-electron chi connectivity index (χ2n) is 4.85. The first-order valence-corrected chi connectivity index (χ1v) is 8.47. The van der Waals surface area contributed by atoms with Crippen molar-refractivity contribution in [1.82, 2.24) is 10.2 Å². The minimum atomic E-state index is -0.0733. The number of likely N-dealkylation sites (N-methyl/N-ethyl adjacent to an activating group) is 1. The fraction of sp³-hybridized carbons (Fsp3) is 0.267. The summed E-state index contributed by atoms with van der Waals surface area (Å²) in [7, 11) is 3.95. The van der Waals surface area contributed by atoms with Gasteiger partial charge in [-0.2, -0.15) is 0 Å². The highest BCUT2D eigenvalue weighted by molar-refractivity contribution is 9.11. The van der Waals surface area contributed by atoms with Crippen LogP contribution in [0.2, 0.25) is 5.02 Å². The van der Waals surface area contributed by atoms with Crippen molar-refractivity contribution >= 4 is 44.8 Å². The van der Waals surface area contributed by atoms with Crippen LogP contribution >= 0.6 is 38.9 Å². The summed E-state index contributed by atoms with van der Waals surface area (Å²) < 4.78 is 0.947. The number of hydrogen-bond acceptors (Lipinski definition) is 3. The number of amides is 1. The van der Waals surface area contributed by atoms with Crippen molar-refractivity contribution in [3.8, 4) is 0 Å². The molecule has 112 valence electrons. The zero-order valence-electron chi connectivity index (χ0n) is 11.8. The number of halogens is 2. The zero-order valence-corrected chi connectivity index (χ0v) is 14.9. The second kappa shape index (κ2) is 7.40. The number of nitrogens with one attached hydrogen (secondary N) is 1. The Kier molecular flexibility index (Phi) is 5.81. The van der Waals surface area contributed by atoms with Gasteiger partial charge < -0.3 is 10.2 Å². The molecule has 0 bridgehead atoms. The fourth-order valence-corrected chi connectivity index (χ4v) is 3.43. The third-order valence-electron chi connectivity index (χ3n) is 3.17. The van der Waals surface area contributed by atoms with Gasteiger partial charge in [0.15, 0.2) is 0 Å². The van der Waals surface area contributed by atoms with E-state index in [9.17, 15) is 4.79 Å². The van der Waals surface area contributed by atoms with Crippen molar-refractivity contribution in [2.45, 2.75) is 6.04 Å². The van der Waals surface area contributed by atoms with E-state index in [-0.39, 0.29) is 11.9 Å². The van der Waals surface area contributed by atoms with Crippen molar-refractivity contribution < 1.29 is 4.79 Å². The smallest absolute Gasteiger partial charge is 0.252 e. The van der Waals surface area contributed by atoms with Gasteiger partial charge in [0.2, 0.25) is 0 Å². The molecule has 1 heterocycles. The third-order valence-corrected chi connectivity index (χ3v) is 5.02. The van der Waals surface area contributed by atoms with Crippen LogP contribution in [-0.4, -0.2) is 31.4 Å². The average Bonchev–Trinajstić information content (AvgIpc) is 2.87. The summed E-state index contributed by atoms with van der Waals surface area (Å²) in [6, 6.07) is 9.56. The molecule has 3 nitrogen and oxygen atoms in total. The van der Waals surface area contributed by atoms with Gasteiger partial charge >= 0.3 is 0 Å². The van der Waals surface area contributed by atoms with Crippen molar-refractivity contribution in [2.75, 3.05) is 20.6 Å². The minimum absolute atomic E-state index is 0.0322. The minimum Gasteiger partial charge on any atom is -0.350 e. The summed E-state index contributed by atoms with van der Waals surface area (Å²) in [6.07, 6.45) is 0. The molecular formula is C15H16BrClN2OS. The topological polar surface area (TPSA) is 32.3 Å². The van der Waals surface area contributed by atoms with Crippen LogP contribution in [0.3, 0.4) is 0 Å². The molecule has 0 saturated carbocycles. The van der Waals surface area contributed by atoms with Crippen LogP contribution in [-0.2, 0) is 0 Å². The summed E-state index contributed by atoms with van der Waals surface area (Å²) in [4.78, 5) is 14.2. The molecule has 1 unspecified atom stereocenters. The van der Waals surface area contributed by atoms with Crippen molar-refractivity contribution in [3.05, 3.63) is 55.6 Å². The normalized spacial score (nSPS) is 12.4. The van der Waals surface area contributed by atoms with Crippen LogP contribution in [0.5, 0.6) is 0 Å². The standard InChI is InChI=1S/C15H16BrClN2OS/c1-19(2)13(11-5-3-4-6-12(11)17)8-18-15(20)10-7-14(16)21-9-10/h3-7,9,13H,8H2,1-2H3,(H,18,20). The Labute approximate surface area is 142 Å². The predicted molar refractivity (Wildman–Crippen MR) is 92.2 cm³/mol. The van der Waals surface area contributed by atoms with E-state index in [1.165, 1.54) is 11.3 Å². The fourth-order valence-electron chi connectivity index (χ4n) is 2.04. The maximum atomic E-state index is 12.1. The Morgan fingerprint density at radius 1 is 1.43 bits per heavy atom. The van der Waals surface area contributed by atoms with Gasteiger partial charge in [-0.25, -0.2) is 0 Å². The van der Waals surface area contributed by atoms with Crippen LogP contribution < -0.4 is 5.32 Å². The van der Waals surface area contributed by atoms with Gasteiger partial charge in [0, 0.05) is 16.9 Å². The molecule has 2 aromatic rings. The molecule has 1 aromatic heterocycles. The number of hydrogen-bond donors (Lipinski definition) is 1. The van der Waals surface area contributed by atoms with E-state index in [1.54, 1.807) is 0 Å². The van der Waals surface area contributed by atoms with Crippen LogP contribution in [0.25, 0.3) is 0 Å². The third kappa shape index (κ3) is 4.30. The lowest BCUT2D eigenvalue weighted by Gasteiger charge is -2.25. The number of carbonyl (C=O) groups is 1. The van der Waals surface area contributed by atoms with Crippen LogP contribution in [0.4, 0.5) is 0 Å². The molecule has 21 heavy (non-hydrogen) atoms. The lowest BCUT2D eigenvalue weighted by molar-refractivity contribution is 0.0942. The summed E-state index contributed by atoms with van der Waals surface area (Å²) in [6.45, 7) is 0.503. The molecule has 0 aliphatic carbocycles. The van der Waals surface area contributed by atoms with E-state index in [2.05, 4.69) is 21.2 Å². The molecule has 0 spiro atoms. The van der Waals surface area contributed by atoms with E-state index in [0.717, 1.165) is 9.35 Å². The van der Waals surface area contributed by atoms with E-state index in [4.69, 9.17) is 11.6 Å². The number of rotatable bonds is 5. The lowest BCUT2D eigenvalue weighted by atomic mass is 10.1. The Morgan fingerprint density at radius 3 is 2.71 bits per heavy atom. The Hall–Kier alpha value is -0.880. The molecule has 0 aliphatic heterocycles. The molecule has 6 heteroatoms.